The van der Waals surface area contributed by atoms with Crippen LogP contribution in [0.3, 0.4) is 0 Å². The second kappa shape index (κ2) is 8.22. The van der Waals surface area contributed by atoms with Crippen molar-refractivity contribution in [2.24, 2.45) is 0 Å². The van der Waals surface area contributed by atoms with Crippen molar-refractivity contribution >= 4 is 11.5 Å². The Morgan fingerprint density at radius 3 is 2.90 bits per heavy atom. The average molecular weight is 420 g/mol. The predicted molar refractivity (Wildman–Crippen MR) is 119 cm³/mol. The number of allylic oxidation sites excluding steroid dienone is 1. The van der Waals surface area contributed by atoms with E-state index in [0.717, 1.165) is 28.9 Å². The number of nitrogen functional groups attached to an aromatic ring is 1. The third-order valence-electron chi connectivity index (χ3n) is 5.41. The minimum absolute atomic E-state index is 0.251. The molecular weight excluding hydrogens is 395 g/mol. The van der Waals surface area contributed by atoms with Crippen LogP contribution in [0.4, 0.5) is 10.2 Å². The van der Waals surface area contributed by atoms with Gasteiger partial charge in [-0.2, -0.15) is 0 Å². The van der Waals surface area contributed by atoms with E-state index in [1.165, 1.54) is 12.1 Å². The van der Waals surface area contributed by atoms with Crippen LogP contribution < -0.4 is 15.8 Å². The summed E-state index contributed by atoms with van der Waals surface area (Å²) in [5, 5.41) is 11.9. The smallest absolute Gasteiger partial charge is 0.166 e. The van der Waals surface area contributed by atoms with Crippen molar-refractivity contribution in [1.82, 2.24) is 19.9 Å². The van der Waals surface area contributed by atoms with Crippen molar-refractivity contribution in [3.8, 4) is 17.0 Å². The lowest BCUT2D eigenvalue weighted by atomic mass is 9.94. The van der Waals surface area contributed by atoms with Gasteiger partial charge in [-0.05, 0) is 37.6 Å². The maximum Gasteiger partial charge on any atom is 0.166 e. The quantitative estimate of drug-likeness (QED) is 0.584. The van der Waals surface area contributed by atoms with E-state index in [9.17, 15) is 4.39 Å². The van der Waals surface area contributed by atoms with Crippen molar-refractivity contribution in [1.29, 1.82) is 5.41 Å². The topological polar surface area (TPSA) is 102 Å². The van der Waals surface area contributed by atoms with Gasteiger partial charge in [0.05, 0.1) is 30.0 Å². The number of aromatic nitrogens is 3. The molecule has 0 spiro atoms. The lowest BCUT2D eigenvalue weighted by molar-refractivity contribution is 0.227. The number of nitrogens with two attached hydrogens (primary N) is 1. The van der Waals surface area contributed by atoms with E-state index in [1.807, 2.05) is 24.5 Å². The Morgan fingerprint density at radius 2 is 2.16 bits per heavy atom. The summed E-state index contributed by atoms with van der Waals surface area (Å²) in [5.41, 5.74) is 10.9. The van der Waals surface area contributed by atoms with Gasteiger partial charge in [0.25, 0.3) is 0 Å². The lowest BCUT2D eigenvalue weighted by Gasteiger charge is -2.23. The van der Waals surface area contributed by atoms with Crippen LogP contribution in [0, 0.1) is 11.2 Å². The molecule has 2 aromatic heterocycles. The number of anilines is 1. The Morgan fingerprint density at radius 1 is 1.35 bits per heavy atom. The SMILES string of the molecule is CCc1ncn2c1-c1cnc(N)c(c1)OC(C)c1cc(F)ccc1C(=N)/C(=C\NC)C2. The fraction of sp³-hybridized carbons (Fsp3) is 0.261. The number of fused-ring (bicyclic) bond motifs is 5. The minimum Gasteiger partial charge on any atom is -0.482 e. The van der Waals surface area contributed by atoms with Crippen LogP contribution in [0.2, 0.25) is 0 Å². The monoisotopic (exact) mass is 420 g/mol. The van der Waals surface area contributed by atoms with E-state index in [0.29, 0.717) is 23.4 Å². The normalized spacial score (nSPS) is 17.2. The number of benzene rings is 1. The first kappa shape index (κ1) is 20.6. The summed E-state index contributed by atoms with van der Waals surface area (Å²) in [6.45, 7) is 4.26. The average Bonchev–Trinajstić information content (AvgIpc) is 3.16. The molecule has 1 aliphatic rings. The second-order valence-electron chi connectivity index (χ2n) is 7.45. The zero-order valence-corrected chi connectivity index (χ0v) is 17.7. The third kappa shape index (κ3) is 3.76. The summed E-state index contributed by atoms with van der Waals surface area (Å²) in [6, 6.07) is 6.23. The number of nitrogens with zero attached hydrogens (tertiary/aromatic N) is 3. The molecule has 1 aliphatic heterocycles. The molecule has 1 unspecified atom stereocenters. The standard InChI is InChI=1S/C23H25FN6O/c1-4-19-22-14-7-20(23(26)28-10-14)31-13(2)18-8-16(24)5-6-17(18)21(25)15(9-27-3)11-30(22)12-29-19/h5-10,12-13,25,27H,4,11H2,1-3H3,(H2,26,28)/b15-9-,25-21?. The van der Waals surface area contributed by atoms with Gasteiger partial charge >= 0.3 is 0 Å². The lowest BCUT2D eigenvalue weighted by Crippen LogP contribution is -2.18. The van der Waals surface area contributed by atoms with E-state index in [-0.39, 0.29) is 11.5 Å². The molecule has 0 radical (unpaired) electrons. The second-order valence-corrected chi connectivity index (χ2v) is 7.45. The molecule has 0 saturated heterocycles. The number of nitrogens with one attached hydrogen (secondary N) is 2. The Bertz CT molecular complexity index is 1180. The number of hydrogen-bond acceptors (Lipinski definition) is 6. The fourth-order valence-electron chi connectivity index (χ4n) is 3.89. The van der Waals surface area contributed by atoms with Crippen molar-refractivity contribution < 1.29 is 9.13 Å². The molecule has 3 aromatic rings. The van der Waals surface area contributed by atoms with Gasteiger partial charge < -0.3 is 20.4 Å². The maximum atomic E-state index is 14.1. The molecule has 4 rings (SSSR count). The summed E-state index contributed by atoms with van der Waals surface area (Å²) in [5.74, 6) is 0.270. The van der Waals surface area contributed by atoms with Crippen LogP contribution in [0.1, 0.15) is 36.8 Å². The molecule has 0 saturated carbocycles. The van der Waals surface area contributed by atoms with Gasteiger partial charge in [0, 0.05) is 41.7 Å². The van der Waals surface area contributed by atoms with Crippen LogP contribution in [0.15, 0.2) is 48.6 Å². The molecule has 8 heteroatoms. The predicted octanol–water partition coefficient (Wildman–Crippen LogP) is 3.85. The Balaban J connectivity index is 1.99. The summed E-state index contributed by atoms with van der Waals surface area (Å²) < 4.78 is 22.3. The summed E-state index contributed by atoms with van der Waals surface area (Å²) in [7, 11) is 1.79. The van der Waals surface area contributed by atoms with E-state index in [1.54, 1.807) is 31.8 Å². The molecule has 7 nitrogen and oxygen atoms in total. The van der Waals surface area contributed by atoms with Gasteiger partial charge in [0.1, 0.15) is 11.9 Å². The molecule has 0 fully saturated rings. The van der Waals surface area contributed by atoms with Crippen LogP contribution in [-0.4, -0.2) is 27.3 Å². The highest BCUT2D eigenvalue weighted by Gasteiger charge is 2.23. The van der Waals surface area contributed by atoms with Crippen LogP contribution in [-0.2, 0) is 13.0 Å². The minimum atomic E-state index is -0.545. The molecule has 4 N–H and O–H groups in total. The number of hydrogen-bond donors (Lipinski definition) is 3. The largest absolute Gasteiger partial charge is 0.482 e. The highest BCUT2D eigenvalue weighted by molar-refractivity contribution is 6.11. The number of aryl methyl sites for hydroxylation is 1. The van der Waals surface area contributed by atoms with Crippen LogP contribution >= 0.6 is 0 Å². The zero-order chi connectivity index (χ0) is 22.1. The summed E-state index contributed by atoms with van der Waals surface area (Å²) in [4.78, 5) is 8.90. The molecule has 1 aromatic carbocycles. The zero-order valence-electron chi connectivity index (χ0n) is 17.7. The first-order valence-corrected chi connectivity index (χ1v) is 10.1. The number of rotatable bonds is 2. The van der Waals surface area contributed by atoms with Gasteiger partial charge in [-0.15, -0.1) is 0 Å². The van der Waals surface area contributed by atoms with E-state index < -0.39 is 11.9 Å². The van der Waals surface area contributed by atoms with E-state index in [2.05, 4.69) is 15.3 Å². The molecule has 160 valence electrons. The highest BCUT2D eigenvalue weighted by Crippen LogP contribution is 2.34. The van der Waals surface area contributed by atoms with E-state index in [4.69, 9.17) is 15.9 Å². The maximum absolute atomic E-state index is 14.1. The Hall–Kier alpha value is -3.68. The number of pyridine rings is 1. The molecule has 0 amide bonds. The molecule has 2 bridgehead atoms. The van der Waals surface area contributed by atoms with Crippen LogP contribution in [0.5, 0.6) is 5.75 Å². The molecule has 31 heavy (non-hydrogen) atoms. The molecule has 3 heterocycles. The number of ether oxygens (including phenoxy) is 1. The Labute approximate surface area is 180 Å². The van der Waals surface area contributed by atoms with E-state index >= 15 is 0 Å². The molecule has 1 atom stereocenters. The van der Waals surface area contributed by atoms with Gasteiger partial charge in [-0.3, -0.25) is 5.41 Å². The highest BCUT2D eigenvalue weighted by atomic mass is 19.1. The molecule has 0 aliphatic carbocycles. The first-order valence-electron chi connectivity index (χ1n) is 10.1. The number of halogens is 1. The van der Waals surface area contributed by atoms with Gasteiger partial charge in [-0.25, -0.2) is 14.4 Å². The molecular formula is C23H25FN6O. The summed E-state index contributed by atoms with van der Waals surface area (Å²) in [6.07, 6.45) is 5.45. The van der Waals surface area contributed by atoms with Crippen LogP contribution in [0.25, 0.3) is 11.3 Å². The fourth-order valence-corrected chi connectivity index (χ4v) is 3.89. The first-order chi connectivity index (χ1) is 14.9. The van der Waals surface area contributed by atoms with Gasteiger partial charge in [0.2, 0.25) is 0 Å². The van der Waals surface area contributed by atoms with Gasteiger partial charge in [0.15, 0.2) is 11.6 Å². The Kier molecular flexibility index (Phi) is 5.46. The van der Waals surface area contributed by atoms with Crippen molar-refractivity contribution in [3.63, 3.8) is 0 Å². The van der Waals surface area contributed by atoms with Crippen molar-refractivity contribution in [2.75, 3.05) is 12.8 Å². The van der Waals surface area contributed by atoms with Crippen molar-refractivity contribution in [2.45, 2.75) is 32.9 Å². The summed E-state index contributed by atoms with van der Waals surface area (Å²) >= 11 is 0. The van der Waals surface area contributed by atoms with Gasteiger partial charge in [-0.1, -0.05) is 6.92 Å². The third-order valence-corrected chi connectivity index (χ3v) is 5.41. The van der Waals surface area contributed by atoms with Crippen molar-refractivity contribution in [3.05, 3.63) is 71.2 Å². The number of imidazole rings is 1.